The maximum absolute atomic E-state index is 14.6. The number of carbonyl (C=O) groups is 3. The fourth-order valence-electron chi connectivity index (χ4n) is 4.60. The van der Waals surface area contributed by atoms with Crippen LogP contribution < -0.4 is 16.2 Å². The molecule has 0 saturated heterocycles. The molecule has 3 aromatic heterocycles. The first-order valence-corrected chi connectivity index (χ1v) is 13.1. The summed E-state index contributed by atoms with van der Waals surface area (Å²) in [6, 6.07) is 3.66. The topological polar surface area (TPSA) is 149 Å². The number of pyridine rings is 2. The zero-order valence-electron chi connectivity index (χ0n) is 22.4. The molecule has 1 fully saturated rings. The summed E-state index contributed by atoms with van der Waals surface area (Å²) in [6.07, 6.45) is 8.61. The van der Waals surface area contributed by atoms with Crippen LogP contribution >= 0.6 is 0 Å². The summed E-state index contributed by atoms with van der Waals surface area (Å²) in [5.41, 5.74) is 1.99. The SMILES string of the molecule is CN(C)C(=O)/C=C/CC[C@H](NC(=O)O)C(=O)Nc1cccn(Cc2cc3ncc(F)c(CC4CCC4)c3[nH]2)c1=O. The zero-order valence-corrected chi connectivity index (χ0v) is 22.4. The number of carboxylic acid groups (broad SMARTS) is 1. The second kappa shape index (κ2) is 12.6. The van der Waals surface area contributed by atoms with E-state index < -0.39 is 23.6 Å². The van der Waals surface area contributed by atoms with E-state index in [0.29, 0.717) is 34.6 Å². The first-order chi connectivity index (χ1) is 19.1. The van der Waals surface area contributed by atoms with Crippen LogP contribution in [0.4, 0.5) is 14.9 Å². The number of carbonyl (C=O) groups excluding carboxylic acids is 2. The summed E-state index contributed by atoms with van der Waals surface area (Å²) < 4.78 is 16.0. The lowest BCUT2D eigenvalue weighted by molar-refractivity contribution is -0.123. The molecule has 0 unspecified atom stereocenters. The Kier molecular flexibility index (Phi) is 8.97. The van der Waals surface area contributed by atoms with Crippen LogP contribution in [0.2, 0.25) is 0 Å². The van der Waals surface area contributed by atoms with Crippen molar-refractivity contribution in [1.29, 1.82) is 0 Å². The Bertz CT molecular complexity index is 1490. The Labute approximate surface area is 230 Å². The largest absolute Gasteiger partial charge is 0.465 e. The van der Waals surface area contributed by atoms with Gasteiger partial charge in [-0.2, -0.15) is 0 Å². The van der Waals surface area contributed by atoms with Gasteiger partial charge in [0.1, 0.15) is 17.5 Å². The number of amides is 3. The first kappa shape index (κ1) is 28.5. The number of likely N-dealkylation sites (N-methyl/N-ethyl adjacent to an activating group) is 1. The van der Waals surface area contributed by atoms with Crippen molar-refractivity contribution in [3.63, 3.8) is 0 Å². The van der Waals surface area contributed by atoms with Gasteiger partial charge in [0.05, 0.1) is 23.8 Å². The van der Waals surface area contributed by atoms with E-state index in [1.165, 1.54) is 27.8 Å². The molecule has 0 spiro atoms. The maximum atomic E-state index is 14.6. The van der Waals surface area contributed by atoms with E-state index in [-0.39, 0.29) is 36.8 Å². The minimum atomic E-state index is -1.39. The van der Waals surface area contributed by atoms with Crippen molar-refractivity contribution in [2.45, 2.75) is 51.1 Å². The number of aromatic amines is 1. The number of rotatable bonds is 11. The molecule has 4 N–H and O–H groups in total. The summed E-state index contributed by atoms with van der Waals surface area (Å²) in [5.74, 6) is -0.817. The van der Waals surface area contributed by atoms with E-state index in [4.69, 9.17) is 0 Å². The lowest BCUT2D eigenvalue weighted by atomic mass is 9.81. The Morgan fingerprint density at radius 1 is 1.32 bits per heavy atom. The first-order valence-electron chi connectivity index (χ1n) is 13.1. The van der Waals surface area contributed by atoms with E-state index in [0.717, 1.165) is 19.3 Å². The molecule has 0 bridgehead atoms. The Hall–Kier alpha value is -4.48. The Morgan fingerprint density at radius 2 is 2.10 bits per heavy atom. The Balaban J connectivity index is 1.47. The summed E-state index contributed by atoms with van der Waals surface area (Å²) in [6.45, 7) is 0.130. The molecule has 1 saturated carbocycles. The third-order valence-corrected chi connectivity index (χ3v) is 7.03. The average molecular weight is 553 g/mol. The van der Waals surface area contributed by atoms with E-state index in [1.807, 2.05) is 0 Å². The van der Waals surface area contributed by atoms with Crippen molar-refractivity contribution in [3.05, 3.63) is 70.2 Å². The third kappa shape index (κ3) is 6.93. The summed E-state index contributed by atoms with van der Waals surface area (Å²) >= 11 is 0. The van der Waals surface area contributed by atoms with Crippen LogP contribution in [0.15, 0.2) is 47.5 Å². The predicted octanol–water partition coefficient (Wildman–Crippen LogP) is 3.25. The quantitative estimate of drug-likeness (QED) is 0.268. The number of hydrogen-bond acceptors (Lipinski definition) is 5. The van der Waals surface area contributed by atoms with Gasteiger partial charge in [0, 0.05) is 31.5 Å². The second-order valence-corrected chi connectivity index (χ2v) is 10.2. The molecule has 0 aliphatic heterocycles. The molecule has 3 aromatic rings. The highest BCUT2D eigenvalue weighted by Gasteiger charge is 2.23. The van der Waals surface area contributed by atoms with Gasteiger partial charge in [0.2, 0.25) is 11.8 Å². The number of halogens is 1. The van der Waals surface area contributed by atoms with Crippen LogP contribution in [0, 0.1) is 11.7 Å². The number of H-pyrrole nitrogens is 1. The van der Waals surface area contributed by atoms with Crippen molar-refractivity contribution in [1.82, 2.24) is 24.8 Å². The van der Waals surface area contributed by atoms with Crippen LogP contribution in [-0.4, -0.2) is 62.6 Å². The van der Waals surface area contributed by atoms with Crippen LogP contribution in [0.25, 0.3) is 11.0 Å². The van der Waals surface area contributed by atoms with E-state index >= 15 is 0 Å². The maximum Gasteiger partial charge on any atom is 0.405 e. The molecule has 0 radical (unpaired) electrons. The number of nitrogens with one attached hydrogen (secondary N) is 3. The highest BCUT2D eigenvalue weighted by molar-refractivity contribution is 5.96. The van der Waals surface area contributed by atoms with Crippen LogP contribution in [0.3, 0.4) is 0 Å². The standard InChI is InChI=1S/C28H33FN6O5/c1-34(2)24(36)11-4-3-9-21(33-28(39)40)26(37)32-22-10-6-12-35(27(22)38)16-18-14-23-25(31-18)19(20(29)15-30-23)13-17-7-5-8-17/h4,6,10-12,14-15,17,21,31,33H,3,5,7-9,13,16H2,1-2H3,(H,32,37)(H,39,40)/b11-4+/t21-/m0/s1. The molecule has 11 nitrogen and oxygen atoms in total. The highest BCUT2D eigenvalue weighted by Crippen LogP contribution is 2.32. The van der Waals surface area contributed by atoms with Gasteiger partial charge in [-0.3, -0.25) is 19.4 Å². The molecule has 40 heavy (non-hydrogen) atoms. The van der Waals surface area contributed by atoms with Crippen LogP contribution in [-0.2, 0) is 22.6 Å². The molecule has 1 aliphatic carbocycles. The molecule has 212 valence electrons. The van der Waals surface area contributed by atoms with Gasteiger partial charge in [0.25, 0.3) is 5.56 Å². The predicted molar refractivity (Wildman–Crippen MR) is 148 cm³/mol. The Morgan fingerprint density at radius 3 is 2.77 bits per heavy atom. The van der Waals surface area contributed by atoms with Gasteiger partial charge < -0.3 is 30.2 Å². The summed E-state index contributed by atoms with van der Waals surface area (Å²) in [7, 11) is 3.20. The number of allylic oxidation sites excluding steroid dienone is 1. The number of nitrogens with zero attached hydrogens (tertiary/aromatic N) is 3. The van der Waals surface area contributed by atoms with Crippen LogP contribution in [0.1, 0.15) is 43.4 Å². The van der Waals surface area contributed by atoms with Gasteiger partial charge >= 0.3 is 6.09 Å². The third-order valence-electron chi connectivity index (χ3n) is 7.03. The normalized spacial score (nSPS) is 14.2. The van der Waals surface area contributed by atoms with Crippen molar-refractivity contribution < 1.29 is 23.9 Å². The lowest BCUT2D eigenvalue weighted by Gasteiger charge is -2.25. The smallest absolute Gasteiger partial charge is 0.405 e. The van der Waals surface area contributed by atoms with E-state index in [2.05, 4.69) is 20.6 Å². The van der Waals surface area contributed by atoms with Gasteiger partial charge in [0.15, 0.2) is 0 Å². The van der Waals surface area contributed by atoms with Gasteiger partial charge in [-0.1, -0.05) is 25.3 Å². The number of hydrogen-bond donors (Lipinski definition) is 4. The van der Waals surface area contributed by atoms with E-state index in [9.17, 15) is 28.7 Å². The number of aromatic nitrogens is 3. The molecule has 3 amide bonds. The second-order valence-electron chi connectivity index (χ2n) is 10.2. The number of anilines is 1. The lowest BCUT2D eigenvalue weighted by Crippen LogP contribution is -2.44. The van der Waals surface area contributed by atoms with Gasteiger partial charge in [-0.05, 0) is 49.5 Å². The van der Waals surface area contributed by atoms with Gasteiger partial charge in [-0.15, -0.1) is 0 Å². The molecule has 0 aromatic carbocycles. The monoisotopic (exact) mass is 552 g/mol. The molecular formula is C28H33FN6O5. The molecule has 12 heteroatoms. The van der Waals surface area contributed by atoms with E-state index in [1.54, 1.807) is 38.5 Å². The van der Waals surface area contributed by atoms with Crippen molar-refractivity contribution >= 4 is 34.6 Å². The average Bonchev–Trinajstić information content (AvgIpc) is 3.28. The molecule has 1 atom stereocenters. The van der Waals surface area contributed by atoms with Crippen molar-refractivity contribution in [3.8, 4) is 0 Å². The summed E-state index contributed by atoms with van der Waals surface area (Å²) in [5, 5.41) is 13.8. The minimum absolute atomic E-state index is 0.0195. The zero-order chi connectivity index (χ0) is 28.8. The molecular weight excluding hydrogens is 519 g/mol. The van der Waals surface area contributed by atoms with Crippen molar-refractivity contribution in [2.24, 2.45) is 5.92 Å². The fraction of sp³-hybridized carbons (Fsp3) is 0.393. The summed E-state index contributed by atoms with van der Waals surface area (Å²) in [4.78, 5) is 57.7. The van der Waals surface area contributed by atoms with Crippen molar-refractivity contribution in [2.75, 3.05) is 19.4 Å². The minimum Gasteiger partial charge on any atom is -0.465 e. The fourth-order valence-corrected chi connectivity index (χ4v) is 4.60. The molecule has 4 rings (SSSR count). The van der Waals surface area contributed by atoms with Gasteiger partial charge in [-0.25, -0.2) is 9.18 Å². The number of fused-ring (bicyclic) bond motifs is 1. The molecule has 3 heterocycles. The molecule has 1 aliphatic rings. The highest BCUT2D eigenvalue weighted by atomic mass is 19.1. The van der Waals surface area contributed by atoms with Crippen LogP contribution in [0.5, 0.6) is 0 Å².